The number of hydrogen-bond donors (Lipinski definition) is 0. The molecule has 6 heteroatoms. The van der Waals surface area contributed by atoms with E-state index in [2.05, 4.69) is 32.6 Å². The van der Waals surface area contributed by atoms with Crippen LogP contribution < -0.4 is 0 Å². The van der Waals surface area contributed by atoms with Gasteiger partial charge in [0.1, 0.15) is 0 Å². The Morgan fingerprint density at radius 3 is 1.14 bits per heavy atom. The average Bonchev–Trinajstić information content (AvgIpc) is 3.13. The van der Waals surface area contributed by atoms with Gasteiger partial charge in [0.05, 0.1) is 13.2 Å². The van der Waals surface area contributed by atoms with E-state index >= 15 is 0 Å². The van der Waals surface area contributed by atoms with Crippen molar-refractivity contribution in [3.8, 4) is 0 Å². The van der Waals surface area contributed by atoms with Crippen LogP contribution >= 0.6 is 11.6 Å². The molecule has 0 aliphatic heterocycles. The number of alkyl halides is 1. The molecule has 2 unspecified atom stereocenters. The summed E-state index contributed by atoms with van der Waals surface area (Å²) >= 11 is 6.12. The summed E-state index contributed by atoms with van der Waals surface area (Å²) in [5, 5.41) is 0. The maximum absolute atomic E-state index is 12.5. The van der Waals surface area contributed by atoms with Gasteiger partial charge in [0.2, 0.25) is 0 Å². The highest BCUT2D eigenvalue weighted by Gasteiger charge is 2.14. The summed E-state index contributed by atoms with van der Waals surface area (Å²) < 4.78 is 11.6. The number of esters is 2. The Bertz CT molecular complexity index is 735. The van der Waals surface area contributed by atoms with E-state index in [9.17, 15) is 9.59 Å². The summed E-state index contributed by atoms with van der Waals surface area (Å²) in [6, 6.07) is 0. The van der Waals surface area contributed by atoms with E-state index in [4.69, 9.17) is 21.1 Å². The number of carbonyl (C=O) groups excluding carboxylic acids is 2. The summed E-state index contributed by atoms with van der Waals surface area (Å²) in [5.74, 6) is 1.65. The lowest BCUT2D eigenvalue weighted by Gasteiger charge is -2.21. The third-order valence-electron chi connectivity index (χ3n) is 10.7. The van der Waals surface area contributed by atoms with Gasteiger partial charge < -0.3 is 14.4 Å². The Morgan fingerprint density at radius 1 is 0.431 bits per heavy atom. The lowest BCUT2D eigenvalue weighted by Crippen LogP contribution is -2.28. The van der Waals surface area contributed by atoms with Gasteiger partial charge in [-0.1, -0.05) is 163 Å². The van der Waals surface area contributed by atoms with Crippen molar-refractivity contribution in [3.63, 3.8) is 0 Å². The van der Waals surface area contributed by atoms with Crippen molar-refractivity contribution in [2.75, 3.05) is 38.7 Å². The molecule has 0 bridgehead atoms. The molecule has 0 aliphatic carbocycles. The number of unbranched alkanes of at least 4 members (excludes halogenated alkanes) is 19. The summed E-state index contributed by atoms with van der Waals surface area (Å²) in [4.78, 5) is 27.5. The summed E-state index contributed by atoms with van der Waals surface area (Å²) in [6.07, 6.45) is 36.6. The number of rotatable bonds is 41. The van der Waals surface area contributed by atoms with Crippen LogP contribution in [0.1, 0.15) is 227 Å². The summed E-state index contributed by atoms with van der Waals surface area (Å²) in [5.41, 5.74) is 0. The van der Waals surface area contributed by atoms with Gasteiger partial charge in [0.15, 0.2) is 0 Å². The third kappa shape index (κ3) is 36.0. The quantitative estimate of drug-likeness (QED) is 0.0355. The first-order chi connectivity index (χ1) is 25.0. The van der Waals surface area contributed by atoms with E-state index in [0.29, 0.717) is 43.8 Å². The van der Waals surface area contributed by atoms with Crippen LogP contribution in [0.3, 0.4) is 0 Å². The van der Waals surface area contributed by atoms with E-state index in [-0.39, 0.29) is 11.9 Å². The second-order valence-electron chi connectivity index (χ2n) is 15.7. The minimum absolute atomic E-state index is 0.0162. The lowest BCUT2D eigenvalue weighted by atomic mass is 9.95. The molecule has 304 valence electrons. The Labute approximate surface area is 323 Å². The van der Waals surface area contributed by atoms with Crippen LogP contribution in [0, 0.1) is 11.8 Å². The van der Waals surface area contributed by atoms with Gasteiger partial charge in [-0.2, -0.15) is 0 Å². The number of hydrogen-bond acceptors (Lipinski definition) is 5. The van der Waals surface area contributed by atoms with E-state index in [1.54, 1.807) is 0 Å². The first-order valence-corrected chi connectivity index (χ1v) is 23.1. The molecule has 0 aromatic carbocycles. The van der Waals surface area contributed by atoms with Crippen molar-refractivity contribution in [1.82, 2.24) is 4.90 Å². The third-order valence-corrected chi connectivity index (χ3v) is 10.9. The summed E-state index contributed by atoms with van der Waals surface area (Å²) in [6.45, 7) is 13.2. The zero-order chi connectivity index (χ0) is 37.5. The number of ether oxygens (including phenoxy) is 2. The van der Waals surface area contributed by atoms with Crippen LogP contribution in [0.2, 0.25) is 0 Å². The zero-order valence-corrected chi connectivity index (χ0v) is 35.5. The van der Waals surface area contributed by atoms with Gasteiger partial charge in [0, 0.05) is 25.3 Å². The van der Waals surface area contributed by atoms with Crippen LogP contribution in [-0.4, -0.2) is 55.6 Å². The van der Waals surface area contributed by atoms with Crippen molar-refractivity contribution in [2.24, 2.45) is 11.8 Å². The Morgan fingerprint density at radius 2 is 0.745 bits per heavy atom. The molecule has 0 heterocycles. The van der Waals surface area contributed by atoms with Crippen LogP contribution in [-0.2, 0) is 19.1 Å². The molecule has 51 heavy (non-hydrogen) atoms. The highest BCUT2D eigenvalue weighted by atomic mass is 35.5. The van der Waals surface area contributed by atoms with E-state index < -0.39 is 0 Å². The number of halogens is 1. The normalized spacial score (nSPS) is 12.7. The molecular formula is C45H88ClNO4. The Balaban J connectivity index is 4.20. The molecule has 0 N–H and O–H groups in total. The Hall–Kier alpha value is -0.810. The maximum atomic E-state index is 12.5. The number of carbonyl (C=O) groups is 2. The average molecular weight is 743 g/mol. The zero-order valence-electron chi connectivity index (χ0n) is 34.8. The predicted molar refractivity (Wildman–Crippen MR) is 222 cm³/mol. The molecule has 0 spiro atoms. The van der Waals surface area contributed by atoms with Crippen molar-refractivity contribution >= 4 is 23.5 Å². The van der Waals surface area contributed by atoms with Crippen molar-refractivity contribution < 1.29 is 19.1 Å². The molecule has 0 aromatic rings. The largest absolute Gasteiger partial charge is 0.465 e. The van der Waals surface area contributed by atoms with Crippen molar-refractivity contribution in [3.05, 3.63) is 0 Å². The fourth-order valence-corrected chi connectivity index (χ4v) is 7.41. The van der Waals surface area contributed by atoms with E-state index in [1.165, 1.54) is 148 Å². The van der Waals surface area contributed by atoms with Gasteiger partial charge in [0.25, 0.3) is 0 Å². The minimum Gasteiger partial charge on any atom is -0.465 e. The van der Waals surface area contributed by atoms with Gasteiger partial charge in [-0.15, -0.1) is 11.6 Å². The monoisotopic (exact) mass is 742 g/mol. The summed E-state index contributed by atoms with van der Waals surface area (Å²) in [7, 11) is 0. The van der Waals surface area contributed by atoms with Crippen LogP contribution in [0.15, 0.2) is 0 Å². The molecule has 0 amide bonds. The number of nitrogens with zero attached hydrogens (tertiary/aromatic N) is 1. The second-order valence-corrected chi connectivity index (χ2v) is 16.1. The molecule has 0 saturated carbocycles. The first kappa shape index (κ1) is 50.2. The topological polar surface area (TPSA) is 55.8 Å². The molecule has 2 atom stereocenters. The molecule has 0 fully saturated rings. The highest BCUT2D eigenvalue weighted by molar-refractivity contribution is 6.18. The fourth-order valence-electron chi connectivity index (χ4n) is 7.18. The van der Waals surface area contributed by atoms with Gasteiger partial charge in [-0.3, -0.25) is 9.59 Å². The predicted octanol–water partition coefficient (Wildman–Crippen LogP) is 14.0. The van der Waals surface area contributed by atoms with Gasteiger partial charge >= 0.3 is 11.9 Å². The van der Waals surface area contributed by atoms with Crippen LogP contribution in [0.5, 0.6) is 0 Å². The standard InChI is InChI=1S/C45H88ClNO4/c1-5-9-13-16-18-24-32-42(30-22-12-8-4)40-50-44(48)34-26-20-28-37-47(39-36-46)38-29-21-27-35-45(49)51-41-43(31-23-15-11-7-3)33-25-19-17-14-10-6-2/h42-43H,5-41H2,1-4H3. The van der Waals surface area contributed by atoms with Crippen LogP contribution in [0.25, 0.3) is 0 Å². The molecule has 0 rings (SSSR count). The molecule has 0 aliphatic rings. The molecule has 0 radical (unpaired) electrons. The minimum atomic E-state index is -0.0186. The first-order valence-electron chi connectivity index (χ1n) is 22.6. The van der Waals surface area contributed by atoms with E-state index in [1.807, 2.05) is 0 Å². The fraction of sp³-hybridized carbons (Fsp3) is 0.956. The smallest absolute Gasteiger partial charge is 0.305 e. The van der Waals surface area contributed by atoms with Crippen molar-refractivity contribution in [1.29, 1.82) is 0 Å². The van der Waals surface area contributed by atoms with E-state index in [0.717, 1.165) is 58.2 Å². The van der Waals surface area contributed by atoms with Gasteiger partial charge in [-0.05, 0) is 76.3 Å². The highest BCUT2D eigenvalue weighted by Crippen LogP contribution is 2.21. The Kier molecular flexibility index (Phi) is 39.7. The molecule has 5 nitrogen and oxygen atoms in total. The lowest BCUT2D eigenvalue weighted by molar-refractivity contribution is -0.146. The van der Waals surface area contributed by atoms with Crippen molar-refractivity contribution in [2.45, 2.75) is 227 Å². The maximum Gasteiger partial charge on any atom is 0.305 e. The molecule has 0 aromatic heterocycles. The van der Waals surface area contributed by atoms with Gasteiger partial charge in [-0.25, -0.2) is 0 Å². The molecule has 0 saturated heterocycles. The second kappa shape index (κ2) is 40.4. The SMILES string of the molecule is CCCCCCCCC(CCCCC)COC(=O)CCCCCN(CCCl)CCCCCC(=O)OCC(CCCCCC)CCCCCCCC. The van der Waals surface area contributed by atoms with Crippen LogP contribution in [0.4, 0.5) is 0 Å². The molecular weight excluding hydrogens is 654 g/mol.